The molecule has 0 heterocycles. The molecule has 0 aliphatic rings. The van der Waals surface area contributed by atoms with Crippen molar-refractivity contribution in [2.75, 3.05) is 13.2 Å². The number of alkyl halides is 3. The third kappa shape index (κ3) is 5.41. The minimum atomic E-state index is -3.85. The monoisotopic (exact) mass is 387 g/mol. The third-order valence-corrected chi connectivity index (χ3v) is 6.04. The second-order valence-electron chi connectivity index (χ2n) is 4.16. The quantitative estimate of drug-likeness (QED) is 0.556. The van der Waals surface area contributed by atoms with Crippen LogP contribution in [0.5, 0.6) is 0 Å². The van der Waals surface area contributed by atoms with Gasteiger partial charge in [-0.2, -0.15) is 0 Å². The molecule has 1 aromatic carbocycles. The third-order valence-electron chi connectivity index (χ3n) is 2.55. The summed E-state index contributed by atoms with van der Waals surface area (Å²) in [5, 5.41) is 2.44. The zero-order valence-corrected chi connectivity index (χ0v) is 15.3. The summed E-state index contributed by atoms with van der Waals surface area (Å²) in [5.74, 6) is -1.98. The minimum absolute atomic E-state index is 0.0791. The number of hydrogen-bond donors (Lipinski definition) is 1. The predicted octanol–water partition coefficient (Wildman–Crippen LogP) is 4.38. The van der Waals surface area contributed by atoms with Crippen LogP contribution in [-0.2, 0) is 13.6 Å². The van der Waals surface area contributed by atoms with Crippen LogP contribution in [0.2, 0.25) is 0 Å². The van der Waals surface area contributed by atoms with Crippen molar-refractivity contribution in [3.05, 3.63) is 35.9 Å². The van der Waals surface area contributed by atoms with Crippen LogP contribution in [0.1, 0.15) is 24.2 Å². The van der Waals surface area contributed by atoms with Crippen LogP contribution in [0.3, 0.4) is 0 Å². The summed E-state index contributed by atoms with van der Waals surface area (Å²) >= 11 is 17.6. The molecular weight excluding hydrogens is 371 g/mol. The minimum Gasteiger partial charge on any atom is -0.334 e. The molecule has 124 valence electrons. The maximum Gasteiger partial charge on any atom is 0.357 e. The highest BCUT2D eigenvalue weighted by molar-refractivity contribution is 7.55. The topological polar surface area (TPSA) is 64.6 Å². The predicted molar refractivity (Wildman–Crippen MR) is 88.8 cm³/mol. The van der Waals surface area contributed by atoms with E-state index in [-0.39, 0.29) is 13.2 Å². The van der Waals surface area contributed by atoms with Crippen molar-refractivity contribution in [2.24, 2.45) is 0 Å². The van der Waals surface area contributed by atoms with Gasteiger partial charge in [0.05, 0.1) is 13.2 Å². The molecule has 0 aromatic heterocycles. The van der Waals surface area contributed by atoms with E-state index in [4.69, 9.17) is 43.9 Å². The smallest absolute Gasteiger partial charge is 0.334 e. The molecule has 0 saturated carbocycles. The Hall–Kier alpha value is -0.290. The molecule has 0 aliphatic heterocycles. The number of nitrogens with one attached hydrogen (secondary N) is 1. The van der Waals surface area contributed by atoms with E-state index >= 15 is 0 Å². The molecular formula is C13H17Cl3NO4P. The van der Waals surface area contributed by atoms with E-state index in [2.05, 4.69) is 5.32 Å². The highest BCUT2D eigenvalue weighted by Crippen LogP contribution is 2.58. The van der Waals surface area contributed by atoms with Crippen LogP contribution in [0.25, 0.3) is 0 Å². The van der Waals surface area contributed by atoms with E-state index in [1.807, 2.05) is 0 Å². The van der Waals surface area contributed by atoms with Gasteiger partial charge in [-0.05, 0) is 26.0 Å². The molecule has 0 radical (unpaired) electrons. The van der Waals surface area contributed by atoms with Crippen molar-refractivity contribution < 1.29 is 18.4 Å². The second-order valence-corrected chi connectivity index (χ2v) is 8.64. The average Bonchev–Trinajstić information content (AvgIpc) is 2.44. The number of benzene rings is 1. The molecule has 9 heteroatoms. The fraction of sp³-hybridized carbons (Fsp3) is 0.462. The molecule has 1 rings (SSSR count). The summed E-state index contributed by atoms with van der Waals surface area (Å²) in [6, 6.07) is 8.29. The maximum atomic E-state index is 12.8. The van der Waals surface area contributed by atoms with E-state index in [1.54, 1.807) is 44.2 Å². The number of rotatable bonds is 7. The van der Waals surface area contributed by atoms with Gasteiger partial charge in [0.2, 0.25) is 3.79 Å². The van der Waals surface area contributed by atoms with Crippen molar-refractivity contribution in [2.45, 2.75) is 23.4 Å². The zero-order valence-electron chi connectivity index (χ0n) is 12.1. The van der Waals surface area contributed by atoms with Gasteiger partial charge >= 0.3 is 7.60 Å². The van der Waals surface area contributed by atoms with Crippen LogP contribution in [0.15, 0.2) is 30.3 Å². The molecule has 22 heavy (non-hydrogen) atoms. The van der Waals surface area contributed by atoms with Gasteiger partial charge in [-0.3, -0.25) is 9.36 Å². The summed E-state index contributed by atoms with van der Waals surface area (Å²) < 4.78 is 21.1. The fourth-order valence-electron chi connectivity index (χ4n) is 1.68. The van der Waals surface area contributed by atoms with E-state index in [0.29, 0.717) is 5.56 Å². The first-order valence-electron chi connectivity index (χ1n) is 6.56. The molecule has 0 aliphatic carbocycles. The Balaban J connectivity index is 3.08. The fourth-order valence-corrected chi connectivity index (χ4v) is 4.65. The molecule has 0 unspecified atom stereocenters. The summed E-state index contributed by atoms with van der Waals surface area (Å²) in [7, 11) is -3.85. The lowest BCUT2D eigenvalue weighted by atomic mass is 10.2. The molecule has 1 amide bonds. The second kappa shape index (κ2) is 8.53. The lowest BCUT2D eigenvalue weighted by molar-refractivity contribution is 0.0938. The molecule has 1 N–H and O–H groups in total. The van der Waals surface area contributed by atoms with Crippen molar-refractivity contribution in [1.82, 2.24) is 5.32 Å². The first-order valence-corrected chi connectivity index (χ1v) is 9.30. The normalized spacial score (nSPS) is 13.7. The van der Waals surface area contributed by atoms with Gasteiger partial charge in [0, 0.05) is 5.56 Å². The lowest BCUT2D eigenvalue weighted by Gasteiger charge is -2.31. The van der Waals surface area contributed by atoms with E-state index < -0.39 is 23.1 Å². The first-order chi connectivity index (χ1) is 10.2. The van der Waals surface area contributed by atoms with Gasteiger partial charge in [0.25, 0.3) is 5.91 Å². The Bertz CT molecular complexity index is 526. The first kappa shape index (κ1) is 19.8. The number of amides is 1. The van der Waals surface area contributed by atoms with Crippen molar-refractivity contribution in [3.63, 3.8) is 0 Å². The Morgan fingerprint density at radius 2 is 1.68 bits per heavy atom. The van der Waals surface area contributed by atoms with E-state index in [9.17, 15) is 9.36 Å². The molecule has 0 spiro atoms. The van der Waals surface area contributed by atoms with Gasteiger partial charge in [-0.1, -0.05) is 53.0 Å². The number of halogens is 3. The molecule has 0 bridgehead atoms. The molecule has 0 fully saturated rings. The summed E-state index contributed by atoms with van der Waals surface area (Å²) in [4.78, 5) is 12.2. The Morgan fingerprint density at radius 3 is 2.09 bits per heavy atom. The Kier molecular flexibility index (Phi) is 7.66. The van der Waals surface area contributed by atoms with Crippen molar-refractivity contribution in [1.29, 1.82) is 0 Å². The van der Waals surface area contributed by atoms with Crippen LogP contribution in [0.4, 0.5) is 0 Å². The molecule has 5 nitrogen and oxygen atoms in total. The average molecular weight is 389 g/mol. The van der Waals surface area contributed by atoms with E-state index in [0.717, 1.165) is 0 Å². The van der Waals surface area contributed by atoms with Crippen molar-refractivity contribution >= 4 is 48.3 Å². The molecule has 0 saturated heterocycles. The number of carbonyl (C=O) groups is 1. The Labute approximate surface area is 144 Å². The van der Waals surface area contributed by atoms with Gasteiger partial charge in [-0.25, -0.2) is 0 Å². The van der Waals surface area contributed by atoms with E-state index in [1.165, 1.54) is 0 Å². The van der Waals surface area contributed by atoms with Crippen LogP contribution in [0, 0.1) is 0 Å². The van der Waals surface area contributed by atoms with Crippen LogP contribution >= 0.6 is 42.4 Å². The highest BCUT2D eigenvalue weighted by Gasteiger charge is 2.49. The number of carbonyl (C=O) groups excluding carboxylic acids is 1. The van der Waals surface area contributed by atoms with Gasteiger partial charge in [-0.15, -0.1) is 0 Å². The Morgan fingerprint density at radius 1 is 1.18 bits per heavy atom. The summed E-state index contributed by atoms with van der Waals surface area (Å²) in [5.41, 5.74) is 0.335. The van der Waals surface area contributed by atoms with Crippen LogP contribution < -0.4 is 5.32 Å². The van der Waals surface area contributed by atoms with Gasteiger partial charge in [0.15, 0.2) is 5.78 Å². The standard InChI is InChI=1S/C13H17Cl3NO4P/c1-3-20-22(19,21-4-2)12(13(14,15)16)17-11(18)10-8-6-5-7-9-10/h5-9,12H,3-4H2,1-2H3,(H,17,18)/t12-/m1/s1. The van der Waals surface area contributed by atoms with Crippen molar-refractivity contribution in [3.8, 4) is 0 Å². The SMILES string of the molecule is CCOP(=O)(OCC)[C@@H](NC(=O)c1ccccc1)C(Cl)(Cl)Cl. The number of hydrogen-bond acceptors (Lipinski definition) is 4. The summed E-state index contributed by atoms with van der Waals surface area (Å²) in [6.45, 7) is 3.41. The largest absolute Gasteiger partial charge is 0.357 e. The molecule has 1 aromatic rings. The zero-order chi connectivity index (χ0) is 16.8. The highest BCUT2D eigenvalue weighted by atomic mass is 35.6. The molecule has 1 atom stereocenters. The van der Waals surface area contributed by atoms with Gasteiger partial charge in [0.1, 0.15) is 0 Å². The van der Waals surface area contributed by atoms with Gasteiger partial charge < -0.3 is 14.4 Å². The lowest BCUT2D eigenvalue weighted by Crippen LogP contribution is -2.44. The maximum absolute atomic E-state index is 12.8. The summed E-state index contributed by atoms with van der Waals surface area (Å²) in [6.07, 6.45) is 0. The van der Waals surface area contributed by atoms with Crippen LogP contribution in [-0.4, -0.2) is 28.7 Å².